The van der Waals surface area contributed by atoms with Crippen molar-refractivity contribution in [3.8, 4) is 11.5 Å². The fourth-order valence-electron chi connectivity index (χ4n) is 2.14. The van der Waals surface area contributed by atoms with Crippen LogP contribution in [0.1, 0.15) is 12.5 Å². The van der Waals surface area contributed by atoms with Crippen molar-refractivity contribution in [2.75, 3.05) is 5.32 Å². The fourth-order valence-corrected chi connectivity index (χ4v) is 2.14. The van der Waals surface area contributed by atoms with Gasteiger partial charge in [-0.3, -0.25) is 10.1 Å². The van der Waals surface area contributed by atoms with Gasteiger partial charge in [-0.25, -0.2) is 0 Å². The molecule has 0 saturated heterocycles. The Hall–Kier alpha value is -3.22. The van der Waals surface area contributed by atoms with Gasteiger partial charge in [0.05, 0.1) is 4.92 Å². The second kappa shape index (κ2) is 6.27. The molecule has 3 aromatic rings. The molecule has 7 heteroatoms. The molecule has 1 heterocycles. The number of hydrogen-bond acceptors (Lipinski definition) is 6. The standard InChI is InChI=1S/C16H14N4O3/c1-2-11-5-3-7-13(9-11)17-16-19-18-15(23-16)12-6-4-8-14(10-12)20(21)22/h3-10H,2H2,1H3,(H,17,19). The number of aromatic nitrogens is 2. The molecule has 7 nitrogen and oxygen atoms in total. The number of nitro groups is 1. The van der Waals surface area contributed by atoms with E-state index >= 15 is 0 Å². The monoisotopic (exact) mass is 310 g/mol. The summed E-state index contributed by atoms with van der Waals surface area (Å²) in [6.45, 7) is 2.08. The summed E-state index contributed by atoms with van der Waals surface area (Å²) in [6.07, 6.45) is 0.929. The van der Waals surface area contributed by atoms with Gasteiger partial charge in [-0.05, 0) is 30.2 Å². The highest BCUT2D eigenvalue weighted by Gasteiger charge is 2.12. The quantitative estimate of drug-likeness (QED) is 0.566. The van der Waals surface area contributed by atoms with E-state index in [9.17, 15) is 10.1 Å². The maximum absolute atomic E-state index is 10.8. The first kappa shape index (κ1) is 14.7. The molecule has 1 N–H and O–H groups in total. The molecule has 0 spiro atoms. The van der Waals surface area contributed by atoms with Crippen LogP contribution in [-0.4, -0.2) is 15.1 Å². The summed E-state index contributed by atoms with van der Waals surface area (Å²) in [4.78, 5) is 10.4. The van der Waals surface area contributed by atoms with E-state index in [1.165, 1.54) is 17.7 Å². The van der Waals surface area contributed by atoms with Crippen LogP contribution in [0, 0.1) is 10.1 Å². The van der Waals surface area contributed by atoms with E-state index in [2.05, 4.69) is 22.4 Å². The third-order valence-corrected chi connectivity index (χ3v) is 3.32. The lowest BCUT2D eigenvalue weighted by atomic mass is 10.1. The Bertz CT molecular complexity index is 845. The van der Waals surface area contributed by atoms with Crippen LogP contribution in [0.3, 0.4) is 0 Å². The number of non-ortho nitro benzene ring substituents is 1. The smallest absolute Gasteiger partial charge is 0.320 e. The number of benzene rings is 2. The van der Waals surface area contributed by atoms with Gasteiger partial charge in [-0.15, -0.1) is 5.10 Å². The molecule has 1 aromatic heterocycles. The van der Waals surface area contributed by atoms with Gasteiger partial charge in [0.25, 0.3) is 5.69 Å². The number of nitro benzene ring substituents is 1. The van der Waals surface area contributed by atoms with Crippen LogP contribution < -0.4 is 5.32 Å². The molecule has 0 aliphatic carbocycles. The van der Waals surface area contributed by atoms with Crippen LogP contribution in [-0.2, 0) is 6.42 Å². The first-order chi connectivity index (χ1) is 11.2. The van der Waals surface area contributed by atoms with Crippen molar-refractivity contribution in [1.29, 1.82) is 0 Å². The number of hydrogen-bond donors (Lipinski definition) is 1. The molecule has 2 aromatic carbocycles. The molecule has 116 valence electrons. The lowest BCUT2D eigenvalue weighted by molar-refractivity contribution is -0.384. The molecular formula is C16H14N4O3. The zero-order valence-corrected chi connectivity index (χ0v) is 12.4. The predicted molar refractivity (Wildman–Crippen MR) is 85.5 cm³/mol. The highest BCUT2D eigenvalue weighted by Crippen LogP contribution is 2.25. The normalized spacial score (nSPS) is 10.5. The molecule has 0 aliphatic heterocycles. The molecule has 0 fully saturated rings. The lowest BCUT2D eigenvalue weighted by Gasteiger charge is -2.03. The van der Waals surface area contributed by atoms with Crippen molar-refractivity contribution >= 4 is 17.4 Å². The average molecular weight is 310 g/mol. The maximum atomic E-state index is 10.8. The Morgan fingerprint density at radius 1 is 1.17 bits per heavy atom. The molecule has 3 rings (SSSR count). The number of rotatable bonds is 5. The summed E-state index contributed by atoms with van der Waals surface area (Å²) in [5.74, 6) is 0.225. The van der Waals surface area contributed by atoms with Gasteiger partial charge in [0.2, 0.25) is 5.89 Å². The van der Waals surface area contributed by atoms with Crippen LogP contribution in [0.4, 0.5) is 17.4 Å². The SMILES string of the molecule is CCc1cccc(Nc2nnc(-c3cccc([N+](=O)[O-])c3)o2)c1. The van der Waals surface area contributed by atoms with Crippen LogP contribution >= 0.6 is 0 Å². The molecule has 0 unspecified atom stereocenters. The van der Waals surface area contributed by atoms with Crippen LogP contribution in [0.5, 0.6) is 0 Å². The second-order valence-corrected chi connectivity index (χ2v) is 4.90. The Kier molecular flexibility index (Phi) is 4.01. The van der Waals surface area contributed by atoms with Crippen LogP contribution in [0.2, 0.25) is 0 Å². The van der Waals surface area contributed by atoms with Crippen molar-refractivity contribution < 1.29 is 9.34 Å². The maximum Gasteiger partial charge on any atom is 0.320 e. The third kappa shape index (κ3) is 3.34. The Morgan fingerprint density at radius 2 is 2.00 bits per heavy atom. The minimum Gasteiger partial charge on any atom is -0.403 e. The topological polar surface area (TPSA) is 94.1 Å². The van der Waals surface area contributed by atoms with Crippen LogP contribution in [0.15, 0.2) is 52.9 Å². The molecule has 0 amide bonds. The minimum absolute atomic E-state index is 0.0224. The Balaban J connectivity index is 1.83. The van der Waals surface area contributed by atoms with Crippen LogP contribution in [0.25, 0.3) is 11.5 Å². The second-order valence-electron chi connectivity index (χ2n) is 4.90. The molecule has 0 radical (unpaired) electrons. The van der Waals surface area contributed by atoms with Gasteiger partial charge in [0.1, 0.15) is 0 Å². The highest BCUT2D eigenvalue weighted by molar-refractivity contribution is 5.59. The summed E-state index contributed by atoms with van der Waals surface area (Å²) >= 11 is 0. The van der Waals surface area contributed by atoms with Crippen molar-refractivity contribution in [3.63, 3.8) is 0 Å². The van der Waals surface area contributed by atoms with Gasteiger partial charge >= 0.3 is 6.01 Å². The lowest BCUT2D eigenvalue weighted by Crippen LogP contribution is -1.91. The van der Waals surface area contributed by atoms with Gasteiger partial charge in [0, 0.05) is 23.4 Å². The molecule has 0 saturated carbocycles. The van der Waals surface area contributed by atoms with E-state index in [1.54, 1.807) is 12.1 Å². The average Bonchev–Trinajstić information content (AvgIpc) is 3.03. The van der Waals surface area contributed by atoms with Gasteiger partial charge < -0.3 is 9.73 Å². The number of nitrogens with zero attached hydrogens (tertiary/aromatic N) is 3. The van der Waals surface area contributed by atoms with E-state index < -0.39 is 4.92 Å². The molecular weight excluding hydrogens is 296 g/mol. The van der Waals surface area contributed by atoms with Gasteiger partial charge in [-0.1, -0.05) is 30.2 Å². The Labute approximate surface area is 132 Å². The van der Waals surface area contributed by atoms with Crippen molar-refractivity contribution in [2.45, 2.75) is 13.3 Å². The van der Waals surface area contributed by atoms with Gasteiger partial charge in [-0.2, -0.15) is 0 Å². The molecule has 23 heavy (non-hydrogen) atoms. The van der Waals surface area contributed by atoms with E-state index in [4.69, 9.17) is 4.42 Å². The van der Waals surface area contributed by atoms with E-state index in [0.717, 1.165) is 12.1 Å². The predicted octanol–water partition coefficient (Wildman–Crippen LogP) is 3.95. The largest absolute Gasteiger partial charge is 0.403 e. The summed E-state index contributed by atoms with van der Waals surface area (Å²) in [6, 6.07) is 14.2. The number of anilines is 2. The summed E-state index contributed by atoms with van der Waals surface area (Å²) in [7, 11) is 0. The molecule has 0 aliphatic rings. The number of nitrogens with one attached hydrogen (secondary N) is 1. The van der Waals surface area contributed by atoms with E-state index in [-0.39, 0.29) is 17.6 Å². The first-order valence-electron chi connectivity index (χ1n) is 7.10. The summed E-state index contributed by atoms with van der Waals surface area (Å²) in [5.41, 5.74) is 2.51. The highest BCUT2D eigenvalue weighted by atomic mass is 16.6. The van der Waals surface area contributed by atoms with E-state index in [1.807, 2.05) is 24.3 Å². The molecule has 0 atom stereocenters. The summed E-state index contributed by atoms with van der Waals surface area (Å²) in [5, 5.41) is 21.7. The zero-order valence-electron chi connectivity index (χ0n) is 12.4. The number of aryl methyl sites for hydroxylation is 1. The third-order valence-electron chi connectivity index (χ3n) is 3.32. The zero-order chi connectivity index (χ0) is 16.2. The minimum atomic E-state index is -0.463. The van der Waals surface area contributed by atoms with Crippen molar-refractivity contribution in [1.82, 2.24) is 10.2 Å². The molecule has 0 bridgehead atoms. The fraction of sp³-hybridized carbons (Fsp3) is 0.125. The van der Waals surface area contributed by atoms with Crippen molar-refractivity contribution in [3.05, 3.63) is 64.2 Å². The van der Waals surface area contributed by atoms with Gasteiger partial charge in [0.15, 0.2) is 0 Å². The Morgan fingerprint density at radius 3 is 2.78 bits per heavy atom. The van der Waals surface area contributed by atoms with E-state index in [0.29, 0.717) is 5.56 Å². The summed E-state index contributed by atoms with van der Waals surface area (Å²) < 4.78 is 5.53. The first-order valence-corrected chi connectivity index (χ1v) is 7.10. The van der Waals surface area contributed by atoms with Crippen molar-refractivity contribution in [2.24, 2.45) is 0 Å².